The van der Waals surface area contributed by atoms with Crippen LogP contribution in [0.5, 0.6) is 5.75 Å². The largest absolute Gasteiger partial charge is 0.488 e. The fraction of sp³-hybridized carbons (Fsp3) is 0.333. The Morgan fingerprint density at radius 1 is 0.882 bits per heavy atom. The van der Waals surface area contributed by atoms with E-state index in [9.17, 15) is 5.11 Å². The Morgan fingerprint density at radius 2 is 1.29 bits per heavy atom. The summed E-state index contributed by atoms with van der Waals surface area (Å²) >= 11 is 34.7. The minimum Gasteiger partial charge on any atom is -0.488 e. The molecule has 1 N–H and O–H groups in total. The molecule has 0 aromatic heterocycles. The highest BCUT2D eigenvalue weighted by molar-refractivity contribution is 6.55. The van der Waals surface area contributed by atoms with Crippen molar-refractivity contribution in [2.45, 2.75) is 6.10 Å². The van der Waals surface area contributed by atoms with Gasteiger partial charge in [-0.15, -0.1) is 11.6 Å². The van der Waals surface area contributed by atoms with Crippen molar-refractivity contribution in [1.82, 2.24) is 0 Å². The molecule has 0 spiro atoms. The fourth-order valence-electron chi connectivity index (χ4n) is 0.936. The maximum absolute atomic E-state index is 9.26. The minimum absolute atomic E-state index is 0.0181. The third-order valence-corrected chi connectivity index (χ3v) is 4.37. The summed E-state index contributed by atoms with van der Waals surface area (Å²) in [7, 11) is 0. The zero-order chi connectivity index (χ0) is 13.2. The first-order valence-electron chi connectivity index (χ1n) is 4.28. The molecular formula is C9H6Cl6O2. The van der Waals surface area contributed by atoms with E-state index in [4.69, 9.17) is 74.3 Å². The summed E-state index contributed by atoms with van der Waals surface area (Å²) in [6, 6.07) is 0. The first-order chi connectivity index (χ1) is 7.90. The summed E-state index contributed by atoms with van der Waals surface area (Å²) < 4.78 is 5.21. The number of benzene rings is 1. The predicted molar refractivity (Wildman–Crippen MR) is 73.7 cm³/mol. The fourth-order valence-corrected chi connectivity index (χ4v) is 2.25. The van der Waals surface area contributed by atoms with Gasteiger partial charge in [-0.25, -0.2) is 0 Å². The summed E-state index contributed by atoms with van der Waals surface area (Å²) in [6.45, 7) is -0.0861. The second kappa shape index (κ2) is 6.76. The van der Waals surface area contributed by atoms with Gasteiger partial charge in [0, 0.05) is 0 Å². The zero-order valence-electron chi connectivity index (χ0n) is 8.11. The lowest BCUT2D eigenvalue weighted by Crippen LogP contribution is -2.19. The smallest absolute Gasteiger partial charge is 0.159 e. The molecule has 0 aliphatic heterocycles. The van der Waals surface area contributed by atoms with Crippen molar-refractivity contribution < 1.29 is 9.84 Å². The topological polar surface area (TPSA) is 29.5 Å². The van der Waals surface area contributed by atoms with E-state index in [0.29, 0.717) is 0 Å². The van der Waals surface area contributed by atoms with Crippen LogP contribution in [0, 0.1) is 0 Å². The molecule has 8 heteroatoms. The van der Waals surface area contributed by atoms with Gasteiger partial charge in [0.1, 0.15) is 22.8 Å². The molecule has 0 saturated carbocycles. The maximum atomic E-state index is 9.26. The van der Waals surface area contributed by atoms with Crippen LogP contribution in [0.1, 0.15) is 0 Å². The molecular weight excluding hydrogens is 353 g/mol. The lowest BCUT2D eigenvalue weighted by atomic mass is 10.3. The van der Waals surface area contributed by atoms with Crippen LogP contribution in [0.4, 0.5) is 0 Å². The SMILES string of the molecule is O[C@H](CCl)COc1c(Cl)c(Cl)c(Cl)c(Cl)c1Cl. The molecule has 1 rings (SSSR count). The molecule has 0 fully saturated rings. The van der Waals surface area contributed by atoms with Gasteiger partial charge in [-0.2, -0.15) is 0 Å². The molecule has 0 radical (unpaired) electrons. The van der Waals surface area contributed by atoms with Crippen LogP contribution in [0.25, 0.3) is 0 Å². The van der Waals surface area contributed by atoms with Crippen LogP contribution in [0.3, 0.4) is 0 Å². The van der Waals surface area contributed by atoms with Gasteiger partial charge in [0.25, 0.3) is 0 Å². The number of hydrogen-bond acceptors (Lipinski definition) is 2. The number of halogens is 6. The highest BCUT2D eigenvalue weighted by Crippen LogP contribution is 2.48. The molecule has 17 heavy (non-hydrogen) atoms. The lowest BCUT2D eigenvalue weighted by molar-refractivity contribution is 0.125. The van der Waals surface area contributed by atoms with Crippen LogP contribution in [-0.2, 0) is 0 Å². The van der Waals surface area contributed by atoms with Crippen LogP contribution in [0.2, 0.25) is 25.1 Å². The summed E-state index contributed by atoms with van der Waals surface area (Å²) in [5.41, 5.74) is 0. The minimum atomic E-state index is -0.850. The van der Waals surface area contributed by atoms with Crippen molar-refractivity contribution in [2.75, 3.05) is 12.5 Å². The van der Waals surface area contributed by atoms with E-state index < -0.39 is 6.10 Å². The standard InChI is InChI=1S/C9H6Cl6O2/c10-1-3(16)2-17-9-7(14)5(12)4(11)6(13)8(9)15/h3,16H,1-2H2/t3-/m1/s1. The normalized spacial score (nSPS) is 12.6. The molecule has 0 bridgehead atoms. The van der Waals surface area contributed by atoms with E-state index >= 15 is 0 Å². The van der Waals surface area contributed by atoms with Crippen molar-refractivity contribution in [1.29, 1.82) is 0 Å². The van der Waals surface area contributed by atoms with Gasteiger partial charge in [-0.05, 0) is 0 Å². The Labute approximate surface area is 128 Å². The Hall–Kier alpha value is 0.720. The first-order valence-corrected chi connectivity index (χ1v) is 6.70. The molecule has 0 unspecified atom stereocenters. The highest BCUT2D eigenvalue weighted by atomic mass is 35.5. The number of rotatable bonds is 4. The second-order valence-electron chi connectivity index (χ2n) is 3.02. The Bertz CT molecular complexity index is 393. The highest BCUT2D eigenvalue weighted by Gasteiger charge is 2.21. The van der Waals surface area contributed by atoms with E-state index in [1.165, 1.54) is 0 Å². The summed E-state index contributed by atoms with van der Waals surface area (Å²) in [5.74, 6) is 0.0847. The van der Waals surface area contributed by atoms with Crippen LogP contribution < -0.4 is 4.74 Å². The molecule has 1 atom stereocenters. The Balaban J connectivity index is 3.07. The average molecular weight is 359 g/mol. The van der Waals surface area contributed by atoms with E-state index in [-0.39, 0.29) is 43.3 Å². The summed E-state index contributed by atoms with van der Waals surface area (Å²) in [4.78, 5) is 0. The van der Waals surface area contributed by atoms with Gasteiger partial charge in [-0.1, -0.05) is 58.0 Å². The number of alkyl halides is 1. The number of aliphatic hydroxyl groups is 1. The van der Waals surface area contributed by atoms with Crippen molar-refractivity contribution >= 4 is 69.6 Å². The van der Waals surface area contributed by atoms with E-state index in [1.54, 1.807) is 0 Å². The first kappa shape index (κ1) is 15.8. The molecule has 0 saturated heterocycles. The molecule has 0 aliphatic carbocycles. The van der Waals surface area contributed by atoms with Gasteiger partial charge >= 0.3 is 0 Å². The molecule has 2 nitrogen and oxygen atoms in total. The van der Waals surface area contributed by atoms with Gasteiger partial charge < -0.3 is 9.84 Å². The van der Waals surface area contributed by atoms with Gasteiger partial charge in [0.2, 0.25) is 0 Å². The molecule has 0 aliphatic rings. The van der Waals surface area contributed by atoms with E-state index in [2.05, 4.69) is 0 Å². The van der Waals surface area contributed by atoms with Gasteiger partial charge in [0.15, 0.2) is 5.75 Å². The molecule has 96 valence electrons. The maximum Gasteiger partial charge on any atom is 0.159 e. The monoisotopic (exact) mass is 356 g/mol. The molecule has 0 amide bonds. The molecule has 1 aromatic carbocycles. The van der Waals surface area contributed by atoms with Crippen LogP contribution >= 0.6 is 69.6 Å². The predicted octanol–water partition coefficient (Wildman–Crippen LogP) is 4.93. The summed E-state index contributed by atoms with van der Waals surface area (Å²) in [5, 5.41) is 9.46. The third-order valence-electron chi connectivity index (χ3n) is 1.77. The number of aliphatic hydroxyl groups excluding tert-OH is 1. The van der Waals surface area contributed by atoms with Crippen LogP contribution in [0.15, 0.2) is 0 Å². The van der Waals surface area contributed by atoms with E-state index in [1.807, 2.05) is 0 Å². The zero-order valence-corrected chi connectivity index (χ0v) is 12.7. The Kier molecular flexibility index (Phi) is 6.27. The quantitative estimate of drug-likeness (QED) is 0.469. The lowest BCUT2D eigenvalue weighted by Gasteiger charge is -2.15. The Morgan fingerprint density at radius 3 is 1.71 bits per heavy atom. The molecule has 0 heterocycles. The molecule has 1 aromatic rings. The number of ether oxygens (including phenoxy) is 1. The number of hydrogen-bond donors (Lipinski definition) is 1. The van der Waals surface area contributed by atoms with Gasteiger partial charge in [0.05, 0.1) is 20.9 Å². The van der Waals surface area contributed by atoms with Crippen molar-refractivity contribution in [3.8, 4) is 5.75 Å². The third kappa shape index (κ3) is 3.60. The summed E-state index contributed by atoms with van der Waals surface area (Å²) in [6.07, 6.45) is -0.850. The van der Waals surface area contributed by atoms with Crippen molar-refractivity contribution in [3.63, 3.8) is 0 Å². The van der Waals surface area contributed by atoms with Crippen molar-refractivity contribution in [2.24, 2.45) is 0 Å². The van der Waals surface area contributed by atoms with Gasteiger partial charge in [-0.3, -0.25) is 0 Å². The average Bonchev–Trinajstić information content (AvgIpc) is 2.33. The van der Waals surface area contributed by atoms with Crippen LogP contribution in [-0.4, -0.2) is 23.7 Å². The van der Waals surface area contributed by atoms with Crippen molar-refractivity contribution in [3.05, 3.63) is 25.1 Å². The van der Waals surface area contributed by atoms with E-state index in [0.717, 1.165) is 0 Å². The second-order valence-corrected chi connectivity index (χ2v) is 5.22.